The van der Waals surface area contributed by atoms with Gasteiger partial charge in [-0.3, -0.25) is 0 Å². The Kier molecular flexibility index (Phi) is 3.79. The Morgan fingerprint density at radius 2 is 1.95 bits per heavy atom. The summed E-state index contributed by atoms with van der Waals surface area (Å²) in [5.41, 5.74) is 7.13. The highest BCUT2D eigenvalue weighted by Gasteiger charge is 2.09. The molecule has 0 aliphatic rings. The third kappa shape index (κ3) is 3.75. The molecular formula is C11H15N5O2S. The molecule has 0 aliphatic heterocycles. The van der Waals surface area contributed by atoms with Crippen LogP contribution in [0.2, 0.25) is 0 Å². The fraction of sp³-hybridized carbons (Fsp3) is 0.364. The zero-order valence-electron chi connectivity index (χ0n) is 10.5. The Balaban J connectivity index is 2.12. The predicted molar refractivity (Wildman–Crippen MR) is 72.0 cm³/mol. The minimum absolute atomic E-state index is 0.119. The van der Waals surface area contributed by atoms with Crippen LogP contribution in [0, 0.1) is 0 Å². The second-order valence-corrected chi connectivity index (χ2v) is 6.59. The highest BCUT2D eigenvalue weighted by Crippen LogP contribution is 2.17. The standard InChI is InChI=1S/C11H15N5O2S/c1-19(17,18)8-2-7-16-11(13-14-15-16)9-3-5-10(12)6-4-9/h3-6H,2,7-8,12H2,1H3. The molecule has 1 heterocycles. The minimum atomic E-state index is -2.96. The molecule has 7 nitrogen and oxygen atoms in total. The van der Waals surface area contributed by atoms with Gasteiger partial charge in [-0.25, -0.2) is 13.1 Å². The SMILES string of the molecule is CS(=O)(=O)CCCn1nnnc1-c1ccc(N)cc1. The van der Waals surface area contributed by atoms with Gasteiger partial charge in [0, 0.05) is 24.1 Å². The summed E-state index contributed by atoms with van der Waals surface area (Å²) in [6.07, 6.45) is 1.69. The zero-order chi connectivity index (χ0) is 13.9. The molecule has 1 aromatic carbocycles. The van der Waals surface area contributed by atoms with Crippen molar-refractivity contribution >= 4 is 15.5 Å². The largest absolute Gasteiger partial charge is 0.399 e. The van der Waals surface area contributed by atoms with Crippen molar-refractivity contribution < 1.29 is 8.42 Å². The van der Waals surface area contributed by atoms with Gasteiger partial charge in [0.15, 0.2) is 5.82 Å². The molecule has 19 heavy (non-hydrogen) atoms. The number of hydrogen-bond acceptors (Lipinski definition) is 6. The molecule has 0 spiro atoms. The second-order valence-electron chi connectivity index (χ2n) is 4.33. The lowest BCUT2D eigenvalue weighted by molar-refractivity contribution is 0.567. The third-order valence-electron chi connectivity index (χ3n) is 2.59. The summed E-state index contributed by atoms with van der Waals surface area (Å²) in [7, 11) is -2.96. The Morgan fingerprint density at radius 3 is 2.58 bits per heavy atom. The van der Waals surface area contributed by atoms with Crippen molar-refractivity contribution in [3.63, 3.8) is 0 Å². The Bertz CT molecular complexity index is 648. The molecule has 8 heteroatoms. The number of sulfone groups is 1. The zero-order valence-corrected chi connectivity index (χ0v) is 11.3. The van der Waals surface area contributed by atoms with Crippen LogP contribution >= 0.6 is 0 Å². The van der Waals surface area contributed by atoms with Crippen LogP contribution in [0.3, 0.4) is 0 Å². The van der Waals surface area contributed by atoms with Gasteiger partial charge < -0.3 is 5.73 Å². The van der Waals surface area contributed by atoms with Crippen LogP contribution in [-0.2, 0) is 16.4 Å². The number of benzene rings is 1. The first kappa shape index (κ1) is 13.5. The second kappa shape index (κ2) is 5.35. The monoisotopic (exact) mass is 281 g/mol. The van der Waals surface area contributed by atoms with Crippen LogP contribution < -0.4 is 5.73 Å². The van der Waals surface area contributed by atoms with Crippen molar-refractivity contribution in [3.05, 3.63) is 24.3 Å². The maximum absolute atomic E-state index is 11.1. The Morgan fingerprint density at radius 1 is 1.26 bits per heavy atom. The molecule has 0 unspecified atom stereocenters. The van der Waals surface area contributed by atoms with Crippen molar-refractivity contribution in [3.8, 4) is 11.4 Å². The minimum Gasteiger partial charge on any atom is -0.399 e. The van der Waals surface area contributed by atoms with E-state index in [2.05, 4.69) is 15.5 Å². The maximum atomic E-state index is 11.1. The first-order chi connectivity index (χ1) is 8.96. The van der Waals surface area contributed by atoms with E-state index in [9.17, 15) is 8.42 Å². The molecule has 102 valence electrons. The lowest BCUT2D eigenvalue weighted by Gasteiger charge is -2.04. The van der Waals surface area contributed by atoms with E-state index >= 15 is 0 Å². The van der Waals surface area contributed by atoms with Crippen molar-refractivity contribution in [1.82, 2.24) is 20.2 Å². The molecule has 0 atom stereocenters. The number of tetrazole rings is 1. The highest BCUT2D eigenvalue weighted by atomic mass is 32.2. The number of nitrogens with zero attached hydrogens (tertiary/aromatic N) is 4. The molecule has 0 radical (unpaired) electrons. The molecule has 0 fully saturated rings. The summed E-state index contributed by atoms with van der Waals surface area (Å²) in [5.74, 6) is 0.724. The van der Waals surface area contributed by atoms with E-state index in [1.165, 1.54) is 6.26 Å². The lowest BCUT2D eigenvalue weighted by Crippen LogP contribution is -2.09. The van der Waals surface area contributed by atoms with Crippen LogP contribution in [0.1, 0.15) is 6.42 Å². The van der Waals surface area contributed by atoms with Crippen LogP contribution in [0.25, 0.3) is 11.4 Å². The number of hydrogen-bond donors (Lipinski definition) is 1. The summed E-state index contributed by atoms with van der Waals surface area (Å²) < 4.78 is 23.7. The molecular weight excluding hydrogens is 266 g/mol. The fourth-order valence-electron chi connectivity index (χ4n) is 1.67. The lowest BCUT2D eigenvalue weighted by atomic mass is 10.2. The maximum Gasteiger partial charge on any atom is 0.182 e. The van der Waals surface area contributed by atoms with E-state index in [0.717, 1.165) is 5.56 Å². The Hall–Kier alpha value is -1.96. The average molecular weight is 281 g/mol. The van der Waals surface area contributed by atoms with Crippen molar-refractivity contribution in [2.45, 2.75) is 13.0 Å². The van der Waals surface area contributed by atoms with Gasteiger partial charge in [0.2, 0.25) is 0 Å². The van der Waals surface area contributed by atoms with E-state index < -0.39 is 9.84 Å². The molecule has 0 aliphatic carbocycles. The smallest absolute Gasteiger partial charge is 0.182 e. The summed E-state index contributed by atoms with van der Waals surface area (Å²) in [6, 6.07) is 7.19. The van der Waals surface area contributed by atoms with Gasteiger partial charge in [0.05, 0.1) is 5.75 Å². The number of rotatable bonds is 5. The molecule has 2 rings (SSSR count). The summed E-state index contributed by atoms with van der Waals surface area (Å²) >= 11 is 0. The number of nitrogens with two attached hydrogens (primary N) is 1. The molecule has 0 saturated carbocycles. The van der Waals surface area contributed by atoms with Gasteiger partial charge in [-0.05, 0) is 41.1 Å². The topological polar surface area (TPSA) is 104 Å². The quantitative estimate of drug-likeness (QED) is 0.793. The van der Waals surface area contributed by atoms with Crippen LogP contribution in [0.5, 0.6) is 0 Å². The number of aryl methyl sites for hydroxylation is 1. The van der Waals surface area contributed by atoms with Crippen LogP contribution in [-0.4, -0.2) is 40.6 Å². The number of aromatic nitrogens is 4. The van der Waals surface area contributed by atoms with Gasteiger partial charge >= 0.3 is 0 Å². The predicted octanol–water partition coefficient (Wildman–Crippen LogP) is 0.357. The summed E-state index contributed by atoms with van der Waals surface area (Å²) in [5, 5.41) is 11.4. The van der Waals surface area contributed by atoms with Gasteiger partial charge in [-0.15, -0.1) is 5.10 Å². The summed E-state index contributed by atoms with van der Waals surface area (Å²) in [4.78, 5) is 0. The van der Waals surface area contributed by atoms with Gasteiger partial charge in [0.25, 0.3) is 0 Å². The van der Waals surface area contributed by atoms with Crippen LogP contribution in [0.4, 0.5) is 5.69 Å². The van der Waals surface area contributed by atoms with Crippen molar-refractivity contribution in [1.29, 1.82) is 0 Å². The average Bonchev–Trinajstić information content (AvgIpc) is 2.77. The third-order valence-corrected chi connectivity index (χ3v) is 3.62. The Labute approximate surface area is 111 Å². The van der Waals surface area contributed by atoms with E-state index in [1.807, 2.05) is 12.1 Å². The molecule has 0 saturated heterocycles. The first-order valence-electron chi connectivity index (χ1n) is 5.75. The van der Waals surface area contributed by atoms with Crippen molar-refractivity contribution in [2.24, 2.45) is 0 Å². The van der Waals surface area contributed by atoms with E-state index in [4.69, 9.17) is 5.73 Å². The number of nitrogen functional groups attached to an aromatic ring is 1. The van der Waals surface area contributed by atoms with Gasteiger partial charge in [-0.2, -0.15) is 0 Å². The fourth-order valence-corrected chi connectivity index (χ4v) is 2.32. The van der Waals surface area contributed by atoms with Crippen molar-refractivity contribution in [2.75, 3.05) is 17.7 Å². The van der Waals surface area contributed by atoms with E-state index in [0.29, 0.717) is 24.5 Å². The molecule has 2 aromatic rings. The summed E-state index contributed by atoms with van der Waals surface area (Å²) in [6.45, 7) is 0.458. The molecule has 0 amide bonds. The normalized spacial score (nSPS) is 11.6. The van der Waals surface area contributed by atoms with E-state index in [1.54, 1.807) is 16.8 Å². The number of anilines is 1. The molecule has 2 N–H and O–H groups in total. The highest BCUT2D eigenvalue weighted by molar-refractivity contribution is 7.90. The molecule has 0 bridgehead atoms. The van der Waals surface area contributed by atoms with E-state index in [-0.39, 0.29) is 5.75 Å². The van der Waals surface area contributed by atoms with Crippen LogP contribution in [0.15, 0.2) is 24.3 Å². The van der Waals surface area contributed by atoms with Gasteiger partial charge in [0.1, 0.15) is 9.84 Å². The first-order valence-corrected chi connectivity index (χ1v) is 7.81. The van der Waals surface area contributed by atoms with Gasteiger partial charge in [-0.1, -0.05) is 0 Å². The molecule has 1 aromatic heterocycles.